The number of hydrogen-bond donors (Lipinski definition) is 2. The second kappa shape index (κ2) is 14.0. The van der Waals surface area contributed by atoms with E-state index in [1.807, 2.05) is 54.3 Å². The number of halogens is 2. The van der Waals surface area contributed by atoms with E-state index in [-0.39, 0.29) is 24.9 Å². The Morgan fingerprint density at radius 1 is 0.921 bits per heavy atom. The minimum absolute atomic E-state index is 0.0605. The van der Waals surface area contributed by atoms with Crippen LogP contribution in [-0.2, 0) is 9.59 Å². The SMILES string of the molecule is CC(C)CNCCC(=O)NC(=O)CN(c1cc(Cl)cc(Cl)c1)[C@@H](C)c1ccc(-c2cccc(C#N)c2)cc1. The molecule has 2 amide bonds. The number of hydrogen-bond acceptors (Lipinski definition) is 5. The van der Waals surface area contributed by atoms with E-state index in [1.165, 1.54) is 0 Å². The number of rotatable bonds is 11. The Bertz CT molecular complexity index is 1280. The molecule has 38 heavy (non-hydrogen) atoms. The van der Waals surface area contributed by atoms with Crippen molar-refractivity contribution in [3.8, 4) is 17.2 Å². The lowest BCUT2D eigenvalue weighted by Crippen LogP contribution is -2.42. The monoisotopic (exact) mass is 550 g/mol. The van der Waals surface area contributed by atoms with E-state index in [2.05, 4.69) is 30.6 Å². The van der Waals surface area contributed by atoms with Gasteiger partial charge in [-0.05, 0) is 66.4 Å². The van der Waals surface area contributed by atoms with Crippen molar-refractivity contribution < 1.29 is 9.59 Å². The van der Waals surface area contributed by atoms with Crippen molar-refractivity contribution in [1.82, 2.24) is 10.6 Å². The summed E-state index contributed by atoms with van der Waals surface area (Å²) < 4.78 is 0. The summed E-state index contributed by atoms with van der Waals surface area (Å²) in [7, 11) is 0. The van der Waals surface area contributed by atoms with Crippen LogP contribution in [0.15, 0.2) is 66.7 Å². The predicted molar refractivity (Wildman–Crippen MR) is 154 cm³/mol. The lowest BCUT2D eigenvalue weighted by Gasteiger charge is -2.31. The van der Waals surface area contributed by atoms with Crippen LogP contribution in [-0.4, -0.2) is 31.4 Å². The van der Waals surface area contributed by atoms with Gasteiger partial charge in [0.2, 0.25) is 11.8 Å². The first kappa shape index (κ1) is 29.2. The largest absolute Gasteiger partial charge is 0.355 e. The highest BCUT2D eigenvalue weighted by molar-refractivity contribution is 6.35. The van der Waals surface area contributed by atoms with E-state index in [1.54, 1.807) is 24.3 Å². The second-order valence-corrected chi connectivity index (χ2v) is 10.4. The third-order valence-corrected chi connectivity index (χ3v) is 6.48. The predicted octanol–water partition coefficient (Wildman–Crippen LogP) is 6.38. The van der Waals surface area contributed by atoms with Crippen molar-refractivity contribution in [3.05, 3.63) is 87.9 Å². The first-order chi connectivity index (χ1) is 18.2. The zero-order valence-corrected chi connectivity index (χ0v) is 23.3. The van der Waals surface area contributed by atoms with Gasteiger partial charge in [0.15, 0.2) is 0 Å². The third-order valence-electron chi connectivity index (χ3n) is 6.04. The summed E-state index contributed by atoms with van der Waals surface area (Å²) in [4.78, 5) is 27.1. The van der Waals surface area contributed by atoms with E-state index in [9.17, 15) is 14.9 Å². The van der Waals surface area contributed by atoms with Crippen LogP contribution >= 0.6 is 23.2 Å². The molecular formula is C30H32Cl2N4O2. The summed E-state index contributed by atoms with van der Waals surface area (Å²) in [5, 5.41) is 15.8. The summed E-state index contributed by atoms with van der Waals surface area (Å²) in [6, 6.07) is 22.4. The number of imide groups is 1. The summed E-state index contributed by atoms with van der Waals surface area (Å²) in [5.74, 6) is -0.255. The van der Waals surface area contributed by atoms with E-state index in [0.29, 0.717) is 33.8 Å². The van der Waals surface area contributed by atoms with Gasteiger partial charge in [-0.3, -0.25) is 14.9 Å². The highest BCUT2D eigenvalue weighted by Gasteiger charge is 2.22. The van der Waals surface area contributed by atoms with Crippen molar-refractivity contribution in [1.29, 1.82) is 5.26 Å². The molecule has 1 atom stereocenters. The van der Waals surface area contributed by atoms with Crippen LogP contribution in [0.2, 0.25) is 10.0 Å². The van der Waals surface area contributed by atoms with Gasteiger partial charge in [-0.15, -0.1) is 0 Å². The molecule has 2 N–H and O–H groups in total. The molecule has 8 heteroatoms. The highest BCUT2D eigenvalue weighted by atomic mass is 35.5. The number of nitrogens with zero attached hydrogens (tertiary/aromatic N) is 2. The Morgan fingerprint density at radius 3 is 2.24 bits per heavy atom. The third kappa shape index (κ3) is 8.59. The molecule has 0 saturated heterocycles. The van der Waals surface area contributed by atoms with Gasteiger partial charge in [0, 0.05) is 28.7 Å². The molecular weight excluding hydrogens is 519 g/mol. The van der Waals surface area contributed by atoms with E-state index in [4.69, 9.17) is 23.2 Å². The Hall–Kier alpha value is -3.37. The Balaban J connectivity index is 1.78. The molecule has 3 rings (SSSR count). The van der Waals surface area contributed by atoms with Crippen molar-refractivity contribution >= 4 is 40.7 Å². The normalized spacial score (nSPS) is 11.6. The number of nitrogens with one attached hydrogen (secondary N) is 2. The van der Waals surface area contributed by atoms with E-state index in [0.717, 1.165) is 23.2 Å². The van der Waals surface area contributed by atoms with Crippen LogP contribution in [0.5, 0.6) is 0 Å². The molecule has 0 unspecified atom stereocenters. The minimum Gasteiger partial charge on any atom is -0.355 e. The van der Waals surface area contributed by atoms with Gasteiger partial charge < -0.3 is 10.2 Å². The van der Waals surface area contributed by atoms with Gasteiger partial charge >= 0.3 is 0 Å². The lowest BCUT2D eigenvalue weighted by atomic mass is 9.99. The van der Waals surface area contributed by atoms with Crippen LogP contribution in [0.25, 0.3) is 11.1 Å². The smallest absolute Gasteiger partial charge is 0.246 e. The maximum Gasteiger partial charge on any atom is 0.246 e. The molecule has 3 aromatic rings. The van der Waals surface area contributed by atoms with Crippen molar-refractivity contribution in [2.24, 2.45) is 5.92 Å². The molecule has 3 aromatic carbocycles. The highest BCUT2D eigenvalue weighted by Crippen LogP contribution is 2.32. The number of carbonyl (C=O) groups is 2. The molecule has 0 aliphatic rings. The minimum atomic E-state index is -0.410. The first-order valence-corrected chi connectivity index (χ1v) is 13.3. The van der Waals surface area contributed by atoms with Gasteiger partial charge in [-0.2, -0.15) is 5.26 Å². The van der Waals surface area contributed by atoms with Crippen LogP contribution in [0.1, 0.15) is 44.4 Å². The fourth-order valence-electron chi connectivity index (χ4n) is 4.06. The maximum atomic E-state index is 12.9. The summed E-state index contributed by atoms with van der Waals surface area (Å²) >= 11 is 12.6. The zero-order chi connectivity index (χ0) is 27.7. The molecule has 0 saturated carbocycles. The number of amides is 2. The summed E-state index contributed by atoms with van der Waals surface area (Å²) in [5.41, 5.74) is 4.15. The molecule has 0 aliphatic heterocycles. The Morgan fingerprint density at radius 2 is 1.61 bits per heavy atom. The molecule has 198 valence electrons. The molecule has 0 fully saturated rings. The van der Waals surface area contributed by atoms with Crippen molar-refractivity contribution in [3.63, 3.8) is 0 Å². The standard InChI is InChI=1S/C30H32Cl2N4O2/c1-20(2)18-34-12-11-29(37)35-30(38)19-36(28-15-26(31)14-27(32)16-28)21(3)23-7-9-24(10-8-23)25-6-4-5-22(13-25)17-33/h4-10,13-16,20-21,34H,11-12,18-19H2,1-3H3,(H,35,37,38)/t21-/m0/s1. The van der Waals surface area contributed by atoms with E-state index < -0.39 is 5.91 Å². The van der Waals surface area contributed by atoms with Crippen LogP contribution in [0.3, 0.4) is 0 Å². The average molecular weight is 552 g/mol. The number of nitriles is 1. The molecule has 0 aliphatic carbocycles. The molecule has 6 nitrogen and oxygen atoms in total. The lowest BCUT2D eigenvalue weighted by molar-refractivity contribution is -0.129. The van der Waals surface area contributed by atoms with Crippen molar-refractivity contribution in [2.45, 2.75) is 33.2 Å². The van der Waals surface area contributed by atoms with Gasteiger partial charge in [-0.25, -0.2) is 0 Å². The topological polar surface area (TPSA) is 85.2 Å². The van der Waals surface area contributed by atoms with E-state index >= 15 is 0 Å². The summed E-state index contributed by atoms with van der Waals surface area (Å²) in [6.45, 7) is 7.41. The molecule has 0 spiro atoms. The zero-order valence-electron chi connectivity index (χ0n) is 21.8. The fraction of sp³-hybridized carbons (Fsp3) is 0.300. The average Bonchev–Trinajstić information content (AvgIpc) is 2.89. The summed E-state index contributed by atoms with van der Waals surface area (Å²) in [6.07, 6.45) is 0.214. The molecule has 0 aromatic heterocycles. The number of benzene rings is 3. The maximum absolute atomic E-state index is 12.9. The van der Waals surface area contributed by atoms with Crippen LogP contribution < -0.4 is 15.5 Å². The van der Waals surface area contributed by atoms with Gasteiger partial charge in [0.05, 0.1) is 24.2 Å². The molecule has 0 radical (unpaired) electrons. The second-order valence-electron chi connectivity index (χ2n) is 9.57. The Kier molecular flexibility index (Phi) is 10.7. The first-order valence-electron chi connectivity index (χ1n) is 12.5. The fourth-order valence-corrected chi connectivity index (χ4v) is 4.58. The quantitative estimate of drug-likeness (QED) is 0.270. The molecule has 0 bridgehead atoms. The van der Waals surface area contributed by atoms with Crippen LogP contribution in [0.4, 0.5) is 5.69 Å². The number of carbonyl (C=O) groups excluding carboxylic acids is 2. The van der Waals surface area contributed by atoms with Gasteiger partial charge in [0.1, 0.15) is 0 Å². The van der Waals surface area contributed by atoms with Gasteiger partial charge in [-0.1, -0.05) is 73.4 Å². The van der Waals surface area contributed by atoms with Crippen molar-refractivity contribution in [2.75, 3.05) is 24.5 Å². The Labute approximate surface area is 234 Å². The van der Waals surface area contributed by atoms with Gasteiger partial charge in [0.25, 0.3) is 0 Å². The van der Waals surface area contributed by atoms with Crippen LogP contribution in [0, 0.1) is 17.2 Å². The molecule has 0 heterocycles. The number of anilines is 1.